The van der Waals surface area contributed by atoms with Crippen LogP contribution in [0.25, 0.3) is 54.6 Å². The van der Waals surface area contributed by atoms with Crippen molar-refractivity contribution in [2.75, 3.05) is 0 Å². The molecule has 0 spiro atoms. The molecule has 0 atom stereocenters. The number of ether oxygens (including phenoxy) is 3. The van der Waals surface area contributed by atoms with Crippen LogP contribution < -0.4 is 14.2 Å². The zero-order chi connectivity index (χ0) is 26.8. The third-order valence-corrected chi connectivity index (χ3v) is 6.78. The minimum atomic E-state index is 0.424. The van der Waals surface area contributed by atoms with Gasteiger partial charge in [-0.2, -0.15) is 0 Å². The highest BCUT2D eigenvalue weighted by Crippen LogP contribution is 2.45. The second-order valence-corrected chi connectivity index (χ2v) is 8.77. The first-order chi connectivity index (χ1) is 19.2. The van der Waals surface area contributed by atoms with Gasteiger partial charge in [0.15, 0.2) is 11.5 Å². The quantitative estimate of drug-likeness (QED) is 0.221. The van der Waals surface area contributed by atoms with Crippen LogP contribution >= 0.6 is 0 Å². The van der Waals surface area contributed by atoms with E-state index < -0.39 is 0 Å². The van der Waals surface area contributed by atoms with Gasteiger partial charge >= 0.3 is 0 Å². The Morgan fingerprint density at radius 3 is 1.74 bits per heavy atom. The molecule has 0 aliphatic heterocycles. The zero-order valence-corrected chi connectivity index (χ0v) is 20.4. The lowest BCUT2D eigenvalue weighted by Crippen LogP contribution is -1.93. The van der Waals surface area contributed by atoms with Crippen molar-refractivity contribution in [3.63, 3.8) is 0 Å². The van der Waals surface area contributed by atoms with E-state index in [1.165, 1.54) is 0 Å². The van der Waals surface area contributed by atoms with E-state index in [0.717, 1.165) is 54.6 Å². The van der Waals surface area contributed by atoms with E-state index in [9.17, 15) is 10.5 Å². The summed E-state index contributed by atoms with van der Waals surface area (Å²) in [7, 11) is 0. The Morgan fingerprint density at radius 2 is 1.00 bits per heavy atom. The minimum Gasteiger partial charge on any atom is -0.388 e. The molecule has 0 radical (unpaired) electrons. The second kappa shape index (κ2) is 9.79. The third kappa shape index (κ3) is 3.98. The van der Waals surface area contributed by atoms with E-state index in [0.29, 0.717) is 17.2 Å². The summed E-state index contributed by atoms with van der Waals surface area (Å²) >= 11 is 0. The standard InChI is InChI=1S/C33H17N3O3/c34-18-37-23-13-14-24-22(17-23)7-2-8-25(24)26-15-16-29(33-27(26)10-4-12-31(33)39-20-36)28-9-1-5-21-6-3-11-30(32(21)28)38-19-35/h1-17H. The molecule has 182 valence electrons. The number of nitrogens with zero attached hydrogens (tertiary/aromatic N) is 3. The van der Waals surface area contributed by atoms with Crippen LogP contribution in [0.1, 0.15) is 0 Å². The molecular weight excluding hydrogens is 486 g/mol. The SMILES string of the molecule is N#COc1ccc2c(-c3ccc(-c4cccc5cccc(OC#N)c45)c4c(OC#N)cccc34)cccc2c1. The smallest absolute Gasteiger partial charge is 0.292 e. The highest BCUT2D eigenvalue weighted by molar-refractivity contribution is 6.15. The van der Waals surface area contributed by atoms with Crippen LogP contribution in [-0.2, 0) is 0 Å². The van der Waals surface area contributed by atoms with Crippen LogP contribution in [0.5, 0.6) is 17.2 Å². The molecule has 0 bridgehead atoms. The molecule has 0 unspecified atom stereocenters. The Morgan fingerprint density at radius 1 is 0.436 bits per heavy atom. The first-order valence-corrected chi connectivity index (χ1v) is 12.0. The average molecular weight is 504 g/mol. The van der Waals surface area contributed by atoms with Crippen LogP contribution in [0.3, 0.4) is 0 Å². The van der Waals surface area contributed by atoms with Crippen molar-refractivity contribution in [1.82, 2.24) is 0 Å². The van der Waals surface area contributed by atoms with Crippen molar-refractivity contribution in [2.24, 2.45) is 0 Å². The van der Waals surface area contributed by atoms with Gasteiger partial charge in [-0.3, -0.25) is 0 Å². The summed E-state index contributed by atoms with van der Waals surface area (Å²) < 4.78 is 15.8. The molecule has 6 rings (SSSR count). The molecule has 0 saturated heterocycles. The fraction of sp³-hybridized carbons (Fsp3) is 0. The fourth-order valence-electron chi connectivity index (χ4n) is 5.24. The molecule has 0 aliphatic carbocycles. The largest absolute Gasteiger partial charge is 0.388 e. The Bertz CT molecular complexity index is 2040. The van der Waals surface area contributed by atoms with Crippen molar-refractivity contribution in [2.45, 2.75) is 0 Å². The molecule has 6 aromatic carbocycles. The van der Waals surface area contributed by atoms with Crippen LogP contribution in [0, 0.1) is 34.6 Å². The Hall–Kier alpha value is -6.03. The first kappa shape index (κ1) is 23.4. The lowest BCUT2D eigenvalue weighted by molar-refractivity contribution is 0.508. The molecule has 0 N–H and O–H groups in total. The van der Waals surface area contributed by atoms with Crippen molar-refractivity contribution in [1.29, 1.82) is 15.8 Å². The molecule has 0 saturated carbocycles. The normalized spacial score (nSPS) is 10.5. The van der Waals surface area contributed by atoms with Gasteiger partial charge in [0.25, 0.3) is 18.8 Å². The highest BCUT2D eigenvalue weighted by atomic mass is 16.5. The molecule has 6 heteroatoms. The summed E-state index contributed by atoms with van der Waals surface area (Å²) in [4.78, 5) is 0. The summed E-state index contributed by atoms with van der Waals surface area (Å²) in [5.41, 5.74) is 3.61. The van der Waals surface area contributed by atoms with Gasteiger partial charge in [-0.1, -0.05) is 78.9 Å². The van der Waals surface area contributed by atoms with E-state index in [-0.39, 0.29) is 0 Å². The summed E-state index contributed by atoms with van der Waals surface area (Å²) in [6.45, 7) is 0. The molecule has 0 aromatic heterocycles. The van der Waals surface area contributed by atoms with E-state index in [1.807, 2.05) is 85.1 Å². The van der Waals surface area contributed by atoms with Gasteiger partial charge in [0.2, 0.25) is 0 Å². The zero-order valence-electron chi connectivity index (χ0n) is 20.4. The summed E-state index contributed by atoms with van der Waals surface area (Å²) in [5, 5.41) is 32.9. The molecular formula is C33H17N3O3. The molecule has 0 aliphatic rings. The number of benzene rings is 6. The number of hydrogen-bond donors (Lipinski definition) is 0. The van der Waals surface area contributed by atoms with Gasteiger partial charge in [-0.15, -0.1) is 15.8 Å². The Balaban J connectivity index is 1.68. The number of hydrogen-bond acceptors (Lipinski definition) is 6. The Labute approximate surface area is 223 Å². The fourth-order valence-corrected chi connectivity index (χ4v) is 5.24. The second-order valence-electron chi connectivity index (χ2n) is 8.77. The molecule has 0 amide bonds. The van der Waals surface area contributed by atoms with Gasteiger partial charge in [0.05, 0.1) is 0 Å². The van der Waals surface area contributed by atoms with Crippen LogP contribution in [0.15, 0.2) is 103 Å². The first-order valence-electron chi connectivity index (χ1n) is 12.0. The van der Waals surface area contributed by atoms with Gasteiger partial charge in [-0.05, 0) is 68.1 Å². The number of rotatable bonds is 5. The number of fused-ring (bicyclic) bond motifs is 3. The molecule has 39 heavy (non-hydrogen) atoms. The summed E-state index contributed by atoms with van der Waals surface area (Å²) in [5.74, 6) is 1.34. The molecule has 0 heterocycles. The third-order valence-electron chi connectivity index (χ3n) is 6.78. The van der Waals surface area contributed by atoms with Gasteiger partial charge in [0, 0.05) is 10.8 Å². The molecule has 6 nitrogen and oxygen atoms in total. The molecule has 0 fully saturated rings. The van der Waals surface area contributed by atoms with Crippen molar-refractivity contribution >= 4 is 32.3 Å². The maximum atomic E-state index is 9.46. The highest BCUT2D eigenvalue weighted by Gasteiger charge is 2.18. The van der Waals surface area contributed by atoms with Gasteiger partial charge < -0.3 is 14.2 Å². The van der Waals surface area contributed by atoms with Crippen molar-refractivity contribution in [3.8, 4) is 58.3 Å². The Kier molecular flexibility index (Phi) is 5.87. The van der Waals surface area contributed by atoms with E-state index in [1.54, 1.807) is 30.7 Å². The van der Waals surface area contributed by atoms with Gasteiger partial charge in [0.1, 0.15) is 5.75 Å². The van der Waals surface area contributed by atoms with E-state index >= 15 is 0 Å². The van der Waals surface area contributed by atoms with E-state index in [4.69, 9.17) is 19.5 Å². The van der Waals surface area contributed by atoms with E-state index in [2.05, 4.69) is 6.07 Å². The van der Waals surface area contributed by atoms with Crippen LogP contribution in [0.2, 0.25) is 0 Å². The van der Waals surface area contributed by atoms with Crippen molar-refractivity contribution in [3.05, 3.63) is 103 Å². The van der Waals surface area contributed by atoms with Crippen LogP contribution in [-0.4, -0.2) is 0 Å². The monoisotopic (exact) mass is 503 g/mol. The topological polar surface area (TPSA) is 99.1 Å². The van der Waals surface area contributed by atoms with Crippen molar-refractivity contribution < 1.29 is 14.2 Å². The van der Waals surface area contributed by atoms with Gasteiger partial charge in [-0.25, -0.2) is 0 Å². The predicted octanol–water partition coefficient (Wildman–Crippen LogP) is 8.06. The summed E-state index contributed by atoms with van der Waals surface area (Å²) in [6, 6.07) is 32.6. The lowest BCUT2D eigenvalue weighted by atomic mass is 9.88. The number of nitriles is 3. The molecule has 6 aromatic rings. The maximum Gasteiger partial charge on any atom is 0.292 e. The average Bonchev–Trinajstić information content (AvgIpc) is 2.97. The lowest BCUT2D eigenvalue weighted by Gasteiger charge is -2.17. The van der Waals surface area contributed by atoms with Crippen LogP contribution in [0.4, 0.5) is 0 Å². The predicted molar refractivity (Wildman–Crippen MR) is 149 cm³/mol. The minimum absolute atomic E-state index is 0.424. The summed E-state index contributed by atoms with van der Waals surface area (Å²) in [6.07, 6.45) is 5.33. The maximum absolute atomic E-state index is 9.46.